The summed E-state index contributed by atoms with van der Waals surface area (Å²) < 4.78 is 6.66. The number of aromatic carboxylic acids is 1. The summed E-state index contributed by atoms with van der Waals surface area (Å²) in [7, 11) is 0. The second kappa shape index (κ2) is 6.05. The molecule has 5 heteroatoms. The zero-order valence-electron chi connectivity index (χ0n) is 11.2. The quantitative estimate of drug-likeness (QED) is 0.909. The molecule has 0 radical (unpaired) electrons. The molecule has 20 heavy (non-hydrogen) atoms. The van der Waals surface area contributed by atoms with E-state index in [0.717, 1.165) is 10.0 Å². The Morgan fingerprint density at radius 3 is 2.70 bits per heavy atom. The first-order valence-electron chi connectivity index (χ1n) is 6.18. The van der Waals surface area contributed by atoms with Crippen LogP contribution in [0.3, 0.4) is 0 Å². The molecule has 1 aromatic heterocycles. The van der Waals surface area contributed by atoms with Crippen LogP contribution in [0.25, 0.3) is 0 Å². The minimum absolute atomic E-state index is 0.182. The van der Waals surface area contributed by atoms with Gasteiger partial charge in [0.2, 0.25) is 5.88 Å². The molecule has 1 heterocycles. The molecule has 104 valence electrons. The molecule has 0 amide bonds. The Labute approximate surface area is 125 Å². The maximum atomic E-state index is 11.1. The molecule has 2 aromatic rings. The van der Waals surface area contributed by atoms with Crippen molar-refractivity contribution in [2.75, 3.05) is 0 Å². The lowest BCUT2D eigenvalue weighted by Crippen LogP contribution is -2.01. The van der Waals surface area contributed by atoms with Crippen molar-refractivity contribution in [1.29, 1.82) is 0 Å². The fourth-order valence-electron chi connectivity index (χ4n) is 1.76. The minimum atomic E-state index is -0.987. The molecule has 0 saturated carbocycles. The molecule has 0 fully saturated rings. The fourth-order valence-corrected chi connectivity index (χ4v) is 2.23. The molecule has 0 saturated heterocycles. The van der Waals surface area contributed by atoms with E-state index in [-0.39, 0.29) is 5.56 Å². The third-order valence-electron chi connectivity index (χ3n) is 2.82. The number of ether oxygens (including phenoxy) is 1. The Morgan fingerprint density at radius 1 is 1.35 bits per heavy atom. The van der Waals surface area contributed by atoms with Crippen LogP contribution in [-0.4, -0.2) is 16.1 Å². The molecule has 0 aliphatic rings. The van der Waals surface area contributed by atoms with Crippen molar-refractivity contribution in [3.8, 4) is 11.6 Å². The van der Waals surface area contributed by atoms with Gasteiger partial charge in [-0.25, -0.2) is 9.78 Å². The van der Waals surface area contributed by atoms with Crippen LogP contribution in [0.5, 0.6) is 11.6 Å². The second-order valence-corrected chi connectivity index (χ2v) is 5.27. The summed E-state index contributed by atoms with van der Waals surface area (Å²) in [5, 5.41) is 9.10. The standard InChI is InChI=1S/C15H14BrNO3/c1-3-12-7-10(15(18)19)8-14(17-12)20-13-5-4-11(16)6-9(13)2/h4-8H,3H2,1-2H3,(H,18,19). The SMILES string of the molecule is CCc1cc(C(=O)O)cc(Oc2ccc(Br)cc2C)n1. The number of carboxylic acid groups (broad SMARTS) is 1. The fraction of sp³-hybridized carbons (Fsp3) is 0.200. The van der Waals surface area contributed by atoms with E-state index in [9.17, 15) is 4.79 Å². The molecule has 0 bridgehead atoms. The van der Waals surface area contributed by atoms with Gasteiger partial charge < -0.3 is 9.84 Å². The van der Waals surface area contributed by atoms with Gasteiger partial charge in [-0.05, 0) is 43.2 Å². The second-order valence-electron chi connectivity index (χ2n) is 4.36. The number of carboxylic acids is 1. The van der Waals surface area contributed by atoms with Gasteiger partial charge in [-0.2, -0.15) is 0 Å². The van der Waals surface area contributed by atoms with E-state index >= 15 is 0 Å². The number of carbonyl (C=O) groups is 1. The van der Waals surface area contributed by atoms with E-state index in [0.29, 0.717) is 23.7 Å². The molecule has 4 nitrogen and oxygen atoms in total. The molecular formula is C15H14BrNO3. The minimum Gasteiger partial charge on any atom is -0.478 e. The van der Waals surface area contributed by atoms with Crippen molar-refractivity contribution in [1.82, 2.24) is 4.98 Å². The summed E-state index contributed by atoms with van der Waals surface area (Å²) in [6, 6.07) is 8.61. The van der Waals surface area contributed by atoms with Crippen LogP contribution in [0.15, 0.2) is 34.8 Å². The third kappa shape index (κ3) is 3.36. The lowest BCUT2D eigenvalue weighted by molar-refractivity contribution is 0.0696. The predicted octanol–water partition coefficient (Wildman–Crippen LogP) is 4.21. The molecular weight excluding hydrogens is 322 g/mol. The maximum absolute atomic E-state index is 11.1. The van der Waals surface area contributed by atoms with E-state index in [1.54, 1.807) is 6.07 Å². The van der Waals surface area contributed by atoms with Crippen LogP contribution in [0.4, 0.5) is 0 Å². The highest BCUT2D eigenvalue weighted by Crippen LogP contribution is 2.27. The first kappa shape index (κ1) is 14.5. The largest absolute Gasteiger partial charge is 0.478 e. The van der Waals surface area contributed by atoms with Crippen molar-refractivity contribution < 1.29 is 14.6 Å². The first-order chi connectivity index (χ1) is 9.49. The maximum Gasteiger partial charge on any atom is 0.335 e. The zero-order valence-corrected chi connectivity index (χ0v) is 12.8. The average molecular weight is 336 g/mol. The Kier molecular flexibility index (Phi) is 4.39. The summed E-state index contributed by atoms with van der Waals surface area (Å²) >= 11 is 3.39. The van der Waals surface area contributed by atoms with E-state index < -0.39 is 5.97 Å². The number of nitrogens with zero attached hydrogens (tertiary/aromatic N) is 1. The van der Waals surface area contributed by atoms with Gasteiger partial charge in [-0.1, -0.05) is 22.9 Å². The Hall–Kier alpha value is -1.88. The van der Waals surface area contributed by atoms with Crippen molar-refractivity contribution in [3.63, 3.8) is 0 Å². The average Bonchev–Trinajstić information content (AvgIpc) is 2.41. The van der Waals surface area contributed by atoms with Crippen molar-refractivity contribution in [3.05, 3.63) is 51.6 Å². The highest BCUT2D eigenvalue weighted by Gasteiger charge is 2.10. The number of hydrogen-bond acceptors (Lipinski definition) is 3. The Balaban J connectivity index is 2.37. The van der Waals surface area contributed by atoms with Crippen molar-refractivity contribution in [2.24, 2.45) is 0 Å². The molecule has 1 aromatic carbocycles. The predicted molar refractivity (Wildman–Crippen MR) is 79.5 cm³/mol. The topological polar surface area (TPSA) is 59.4 Å². The van der Waals surface area contributed by atoms with Gasteiger partial charge in [0.1, 0.15) is 5.75 Å². The number of aryl methyl sites for hydroxylation is 2. The molecule has 0 aliphatic carbocycles. The van der Waals surface area contributed by atoms with Crippen molar-refractivity contribution in [2.45, 2.75) is 20.3 Å². The molecule has 0 atom stereocenters. The highest BCUT2D eigenvalue weighted by molar-refractivity contribution is 9.10. The van der Waals surface area contributed by atoms with Crippen LogP contribution in [-0.2, 0) is 6.42 Å². The van der Waals surface area contributed by atoms with Crippen LogP contribution >= 0.6 is 15.9 Å². The Bertz CT molecular complexity index is 656. The Morgan fingerprint density at radius 2 is 2.10 bits per heavy atom. The van der Waals surface area contributed by atoms with Gasteiger partial charge in [-0.15, -0.1) is 0 Å². The monoisotopic (exact) mass is 335 g/mol. The van der Waals surface area contributed by atoms with E-state index in [2.05, 4.69) is 20.9 Å². The molecule has 0 aliphatic heterocycles. The van der Waals surface area contributed by atoms with Crippen LogP contribution in [0.1, 0.15) is 28.5 Å². The van der Waals surface area contributed by atoms with Crippen LogP contribution in [0, 0.1) is 6.92 Å². The van der Waals surface area contributed by atoms with Gasteiger partial charge in [0.25, 0.3) is 0 Å². The summed E-state index contributed by atoms with van der Waals surface area (Å²) in [5.74, 6) is -0.0306. The normalized spacial score (nSPS) is 10.3. The first-order valence-corrected chi connectivity index (χ1v) is 6.97. The summed E-state index contributed by atoms with van der Waals surface area (Å²) in [5.41, 5.74) is 1.82. The molecule has 0 unspecified atom stereocenters. The molecule has 1 N–H and O–H groups in total. The van der Waals surface area contributed by atoms with Gasteiger partial charge in [0.05, 0.1) is 5.56 Å². The number of benzene rings is 1. The number of aromatic nitrogens is 1. The van der Waals surface area contributed by atoms with Crippen LogP contribution < -0.4 is 4.74 Å². The van der Waals surface area contributed by atoms with E-state index in [4.69, 9.17) is 9.84 Å². The zero-order chi connectivity index (χ0) is 14.7. The number of rotatable bonds is 4. The molecule has 2 rings (SSSR count). The van der Waals surface area contributed by atoms with Gasteiger partial charge in [0.15, 0.2) is 0 Å². The lowest BCUT2D eigenvalue weighted by atomic mass is 10.2. The van der Waals surface area contributed by atoms with Crippen molar-refractivity contribution >= 4 is 21.9 Å². The smallest absolute Gasteiger partial charge is 0.335 e. The third-order valence-corrected chi connectivity index (χ3v) is 3.31. The van der Waals surface area contributed by atoms with Gasteiger partial charge in [0, 0.05) is 16.2 Å². The summed E-state index contributed by atoms with van der Waals surface area (Å²) in [6.07, 6.45) is 0.650. The number of hydrogen-bond donors (Lipinski definition) is 1. The lowest BCUT2D eigenvalue weighted by Gasteiger charge is -2.10. The van der Waals surface area contributed by atoms with Gasteiger partial charge in [-0.3, -0.25) is 0 Å². The molecule has 0 spiro atoms. The van der Waals surface area contributed by atoms with Gasteiger partial charge >= 0.3 is 5.97 Å². The van der Waals surface area contributed by atoms with E-state index in [1.807, 2.05) is 32.0 Å². The highest BCUT2D eigenvalue weighted by atomic mass is 79.9. The summed E-state index contributed by atoms with van der Waals surface area (Å²) in [6.45, 7) is 3.84. The number of halogens is 1. The number of pyridine rings is 1. The van der Waals surface area contributed by atoms with Crippen LogP contribution in [0.2, 0.25) is 0 Å². The van der Waals surface area contributed by atoms with E-state index in [1.165, 1.54) is 6.07 Å². The summed E-state index contributed by atoms with van der Waals surface area (Å²) in [4.78, 5) is 15.4.